The number of phenolic OH excluding ortho intramolecular Hbond substituents is 1. The van der Waals surface area contributed by atoms with Gasteiger partial charge in [-0.2, -0.15) is 0 Å². The number of rotatable bonds is 4. The molecule has 2 rings (SSSR count). The van der Waals surface area contributed by atoms with Crippen LogP contribution in [0, 0.1) is 10.1 Å². The van der Waals surface area contributed by atoms with E-state index in [2.05, 4.69) is 21.2 Å². The quantitative estimate of drug-likeness (QED) is 0.646. The van der Waals surface area contributed by atoms with Crippen molar-refractivity contribution in [2.24, 2.45) is 0 Å². The van der Waals surface area contributed by atoms with E-state index in [1.165, 1.54) is 12.1 Å². The molecule has 0 spiro atoms. The van der Waals surface area contributed by atoms with Crippen LogP contribution in [0.15, 0.2) is 46.9 Å². The van der Waals surface area contributed by atoms with Crippen LogP contribution in [-0.4, -0.2) is 10.0 Å². The van der Waals surface area contributed by atoms with Gasteiger partial charge in [0.15, 0.2) is 0 Å². The first-order valence-corrected chi connectivity index (χ1v) is 6.76. The number of phenols is 1. The molecule has 0 saturated carbocycles. The molecule has 6 heteroatoms. The Bertz CT molecular complexity index is 646. The summed E-state index contributed by atoms with van der Waals surface area (Å²) < 4.78 is 0.606. The molecule has 0 aliphatic carbocycles. The highest BCUT2D eigenvalue weighted by atomic mass is 79.9. The summed E-state index contributed by atoms with van der Waals surface area (Å²) in [5.74, 6) is 0.213. The lowest BCUT2D eigenvalue weighted by Crippen LogP contribution is -2.07. The smallest absolute Gasteiger partial charge is 0.270 e. The van der Waals surface area contributed by atoms with Crippen molar-refractivity contribution < 1.29 is 10.0 Å². The first-order valence-electron chi connectivity index (χ1n) is 5.97. The number of halogens is 1. The molecule has 0 radical (unpaired) electrons. The Morgan fingerprint density at radius 2 is 2.00 bits per heavy atom. The van der Waals surface area contributed by atoms with Crippen molar-refractivity contribution in [1.82, 2.24) is 0 Å². The Morgan fingerprint density at radius 1 is 1.30 bits per heavy atom. The lowest BCUT2D eigenvalue weighted by atomic mass is 10.1. The van der Waals surface area contributed by atoms with Gasteiger partial charge in [0.25, 0.3) is 5.69 Å². The highest BCUT2D eigenvalue weighted by Gasteiger charge is 2.13. The molecule has 0 bridgehead atoms. The molecule has 2 aromatic carbocycles. The molecular formula is C14H13BrN2O3. The van der Waals surface area contributed by atoms with Crippen LogP contribution in [-0.2, 0) is 0 Å². The van der Waals surface area contributed by atoms with E-state index in [0.717, 1.165) is 11.3 Å². The van der Waals surface area contributed by atoms with Gasteiger partial charge in [0.2, 0.25) is 0 Å². The Labute approximate surface area is 124 Å². The number of benzene rings is 2. The average Bonchev–Trinajstić information content (AvgIpc) is 2.41. The van der Waals surface area contributed by atoms with Crippen LogP contribution in [0.2, 0.25) is 0 Å². The maximum absolute atomic E-state index is 10.7. The summed E-state index contributed by atoms with van der Waals surface area (Å²) in [6, 6.07) is 11.4. The molecule has 0 aromatic heterocycles. The fraction of sp³-hybridized carbons (Fsp3) is 0.143. The fourth-order valence-electron chi connectivity index (χ4n) is 1.90. The third kappa shape index (κ3) is 3.08. The van der Waals surface area contributed by atoms with E-state index in [-0.39, 0.29) is 17.5 Å². The number of nitrogens with zero attached hydrogens (tertiary/aromatic N) is 1. The monoisotopic (exact) mass is 336 g/mol. The third-order valence-electron chi connectivity index (χ3n) is 2.94. The predicted octanol–water partition coefficient (Wildman–Crippen LogP) is 4.24. The summed E-state index contributed by atoms with van der Waals surface area (Å²) in [6.45, 7) is 1.91. The van der Waals surface area contributed by atoms with E-state index in [4.69, 9.17) is 0 Å². The van der Waals surface area contributed by atoms with Crippen molar-refractivity contribution in [2.75, 3.05) is 5.32 Å². The van der Waals surface area contributed by atoms with Crippen molar-refractivity contribution in [3.05, 3.63) is 62.6 Å². The zero-order valence-corrected chi connectivity index (χ0v) is 12.3. The molecule has 0 saturated heterocycles. The van der Waals surface area contributed by atoms with Gasteiger partial charge in [0.05, 0.1) is 11.0 Å². The van der Waals surface area contributed by atoms with Crippen molar-refractivity contribution in [3.63, 3.8) is 0 Å². The molecule has 0 heterocycles. The van der Waals surface area contributed by atoms with E-state index in [1.807, 2.05) is 19.1 Å². The third-order valence-corrected chi connectivity index (χ3v) is 3.59. The first-order chi connectivity index (χ1) is 9.49. The molecule has 5 nitrogen and oxygen atoms in total. The number of nitro benzene ring substituents is 1. The van der Waals surface area contributed by atoms with Gasteiger partial charge in [-0.05, 0) is 35.0 Å². The van der Waals surface area contributed by atoms with Gasteiger partial charge in [-0.25, -0.2) is 0 Å². The van der Waals surface area contributed by atoms with E-state index < -0.39 is 4.92 Å². The van der Waals surface area contributed by atoms with Crippen LogP contribution in [0.3, 0.4) is 0 Å². The molecule has 2 N–H and O–H groups in total. The SMILES string of the molecule is CC(Nc1ccc([N+](=O)[O-])cc1Br)c1ccccc1O. The number of nitrogens with one attached hydrogen (secondary N) is 1. The molecule has 104 valence electrons. The van der Waals surface area contributed by atoms with Crippen molar-refractivity contribution in [3.8, 4) is 5.75 Å². The first kappa shape index (κ1) is 14.3. The summed E-state index contributed by atoms with van der Waals surface area (Å²) in [4.78, 5) is 10.2. The van der Waals surface area contributed by atoms with Gasteiger partial charge >= 0.3 is 0 Å². The highest BCUT2D eigenvalue weighted by molar-refractivity contribution is 9.10. The Kier molecular flexibility index (Phi) is 4.24. The average molecular weight is 337 g/mol. The minimum Gasteiger partial charge on any atom is -0.508 e. The summed E-state index contributed by atoms with van der Waals surface area (Å²) in [6.07, 6.45) is 0. The second-order valence-corrected chi connectivity index (χ2v) is 5.20. The molecule has 0 aliphatic rings. The van der Waals surface area contributed by atoms with Crippen LogP contribution >= 0.6 is 15.9 Å². The van der Waals surface area contributed by atoms with Crippen LogP contribution in [0.5, 0.6) is 5.75 Å². The van der Waals surface area contributed by atoms with E-state index in [1.54, 1.807) is 18.2 Å². The number of nitro groups is 1. The second kappa shape index (κ2) is 5.92. The van der Waals surface area contributed by atoms with Gasteiger partial charge in [0, 0.05) is 27.9 Å². The molecule has 0 fully saturated rings. The lowest BCUT2D eigenvalue weighted by molar-refractivity contribution is -0.384. The topological polar surface area (TPSA) is 75.4 Å². The fourth-order valence-corrected chi connectivity index (χ4v) is 2.38. The molecule has 1 atom stereocenters. The van der Waals surface area contributed by atoms with Crippen molar-refractivity contribution in [1.29, 1.82) is 0 Å². The maximum atomic E-state index is 10.7. The number of anilines is 1. The highest BCUT2D eigenvalue weighted by Crippen LogP contribution is 2.32. The molecule has 1 unspecified atom stereocenters. The van der Waals surface area contributed by atoms with Crippen molar-refractivity contribution >= 4 is 27.3 Å². The largest absolute Gasteiger partial charge is 0.508 e. The van der Waals surface area contributed by atoms with Gasteiger partial charge in [0.1, 0.15) is 5.75 Å². The Balaban J connectivity index is 2.22. The van der Waals surface area contributed by atoms with Gasteiger partial charge in [-0.3, -0.25) is 10.1 Å². The Hall–Kier alpha value is -2.08. The zero-order valence-electron chi connectivity index (χ0n) is 10.7. The predicted molar refractivity (Wildman–Crippen MR) is 80.9 cm³/mol. The van der Waals surface area contributed by atoms with E-state index >= 15 is 0 Å². The lowest BCUT2D eigenvalue weighted by Gasteiger charge is -2.17. The summed E-state index contributed by atoms with van der Waals surface area (Å²) >= 11 is 3.31. The van der Waals surface area contributed by atoms with Crippen LogP contribution in [0.4, 0.5) is 11.4 Å². The molecule has 20 heavy (non-hydrogen) atoms. The number of aromatic hydroxyl groups is 1. The van der Waals surface area contributed by atoms with Crippen LogP contribution in [0.1, 0.15) is 18.5 Å². The van der Waals surface area contributed by atoms with Crippen LogP contribution in [0.25, 0.3) is 0 Å². The summed E-state index contributed by atoms with van der Waals surface area (Å²) in [5.41, 5.74) is 1.52. The number of hydrogen-bond donors (Lipinski definition) is 2. The van der Waals surface area contributed by atoms with Gasteiger partial charge < -0.3 is 10.4 Å². The standard InChI is InChI=1S/C14H13BrN2O3/c1-9(11-4-2-3-5-14(11)18)16-13-7-6-10(17(19)20)8-12(13)15/h2-9,16,18H,1H3. The van der Waals surface area contributed by atoms with E-state index in [9.17, 15) is 15.2 Å². The summed E-state index contributed by atoms with van der Waals surface area (Å²) in [5, 5.41) is 23.7. The molecular weight excluding hydrogens is 324 g/mol. The molecule has 0 aliphatic heterocycles. The Morgan fingerprint density at radius 3 is 2.60 bits per heavy atom. The van der Waals surface area contributed by atoms with Crippen molar-refractivity contribution in [2.45, 2.75) is 13.0 Å². The summed E-state index contributed by atoms with van der Waals surface area (Å²) in [7, 11) is 0. The minimum absolute atomic E-state index is 0.0256. The maximum Gasteiger partial charge on any atom is 0.270 e. The molecule has 0 amide bonds. The van der Waals surface area contributed by atoms with E-state index in [0.29, 0.717) is 4.47 Å². The molecule has 2 aromatic rings. The second-order valence-electron chi connectivity index (χ2n) is 4.35. The normalized spacial score (nSPS) is 11.9. The number of hydrogen-bond acceptors (Lipinski definition) is 4. The van der Waals surface area contributed by atoms with Gasteiger partial charge in [-0.15, -0.1) is 0 Å². The van der Waals surface area contributed by atoms with Gasteiger partial charge in [-0.1, -0.05) is 18.2 Å². The zero-order chi connectivity index (χ0) is 14.7. The number of para-hydroxylation sites is 1. The van der Waals surface area contributed by atoms with Crippen LogP contribution < -0.4 is 5.32 Å². The number of non-ortho nitro benzene ring substituents is 1. The minimum atomic E-state index is -0.443.